The van der Waals surface area contributed by atoms with Gasteiger partial charge in [0.05, 0.1) is 23.8 Å². The molecule has 2 rings (SSSR count). The van der Waals surface area contributed by atoms with E-state index in [2.05, 4.69) is 53.8 Å². The molecule has 0 amide bonds. The topological polar surface area (TPSA) is 81.1 Å². The Labute approximate surface area is 129 Å². The highest BCUT2D eigenvalue weighted by Crippen LogP contribution is 2.23. The molecule has 0 saturated carbocycles. The van der Waals surface area contributed by atoms with Crippen molar-refractivity contribution in [1.82, 2.24) is 20.4 Å². The number of benzene rings is 1. The van der Waals surface area contributed by atoms with Crippen LogP contribution in [0.5, 0.6) is 0 Å². The fraction of sp³-hybridized carbons (Fsp3) is 0.286. The first kappa shape index (κ1) is 15.1. The highest BCUT2D eigenvalue weighted by Gasteiger charge is 2.20. The Balaban J connectivity index is 2.22. The van der Waals surface area contributed by atoms with Gasteiger partial charge >= 0.3 is 0 Å². The second-order valence-electron chi connectivity index (χ2n) is 5.61. The lowest BCUT2D eigenvalue weighted by atomic mass is 9.92. The molecule has 3 N–H and O–H groups in total. The Kier molecular flexibility index (Phi) is 4.32. The van der Waals surface area contributed by atoms with E-state index in [1.165, 1.54) is 0 Å². The Bertz CT molecular complexity index is 651. The van der Waals surface area contributed by atoms with Gasteiger partial charge in [0.2, 0.25) is 0 Å². The van der Waals surface area contributed by atoms with Crippen LogP contribution in [-0.4, -0.2) is 26.3 Å². The normalized spacial score (nSPS) is 11.8. The number of rotatable bonds is 3. The molecular formula is C14H18N6S. The third-order valence-electron chi connectivity index (χ3n) is 2.84. The number of nitrogens with zero attached hydrogens (tertiary/aromatic N) is 4. The van der Waals surface area contributed by atoms with Crippen molar-refractivity contribution in [3.8, 4) is 5.69 Å². The molecule has 1 heterocycles. The maximum atomic E-state index is 5.29. The van der Waals surface area contributed by atoms with Gasteiger partial charge in [0.1, 0.15) is 0 Å². The van der Waals surface area contributed by atoms with Gasteiger partial charge < -0.3 is 5.73 Å². The summed E-state index contributed by atoms with van der Waals surface area (Å²) in [7, 11) is 0. The van der Waals surface area contributed by atoms with Crippen molar-refractivity contribution in [2.45, 2.75) is 26.2 Å². The second-order valence-corrected chi connectivity index (χ2v) is 6.05. The maximum Gasteiger partial charge on any atom is 0.184 e. The summed E-state index contributed by atoms with van der Waals surface area (Å²) in [6.45, 7) is 6.39. The van der Waals surface area contributed by atoms with E-state index in [9.17, 15) is 0 Å². The molecule has 0 aliphatic rings. The molecule has 0 fully saturated rings. The molecule has 0 saturated heterocycles. The average Bonchev–Trinajstić information content (AvgIpc) is 2.88. The van der Waals surface area contributed by atoms with Crippen LogP contribution in [0.4, 0.5) is 0 Å². The quantitative estimate of drug-likeness (QED) is 0.513. The van der Waals surface area contributed by atoms with Crippen LogP contribution < -0.4 is 11.2 Å². The van der Waals surface area contributed by atoms with Crippen molar-refractivity contribution >= 4 is 23.5 Å². The Hall–Kier alpha value is -2.28. The first-order valence-corrected chi connectivity index (χ1v) is 6.89. The van der Waals surface area contributed by atoms with Crippen LogP contribution in [0.15, 0.2) is 35.6 Å². The number of thiocarbonyl (C=S) groups is 1. The SMILES string of the molecule is CC(C)(C)c1cnnn1-c1ccc(C=NNC(N)=S)cc1. The molecule has 21 heavy (non-hydrogen) atoms. The molecule has 0 bridgehead atoms. The average molecular weight is 302 g/mol. The minimum atomic E-state index is -0.0234. The molecule has 0 atom stereocenters. The monoisotopic (exact) mass is 302 g/mol. The van der Waals surface area contributed by atoms with Crippen LogP contribution in [0.25, 0.3) is 5.69 Å². The largest absolute Gasteiger partial charge is 0.375 e. The number of aromatic nitrogens is 3. The highest BCUT2D eigenvalue weighted by atomic mass is 32.1. The summed E-state index contributed by atoms with van der Waals surface area (Å²) in [5.41, 5.74) is 10.7. The zero-order valence-corrected chi connectivity index (χ0v) is 13.1. The molecule has 0 spiro atoms. The van der Waals surface area contributed by atoms with Crippen LogP contribution in [0, 0.1) is 0 Å². The van der Waals surface area contributed by atoms with Gasteiger partial charge in [-0.2, -0.15) is 5.10 Å². The number of hydrogen-bond donors (Lipinski definition) is 2. The lowest BCUT2D eigenvalue weighted by Crippen LogP contribution is -2.23. The highest BCUT2D eigenvalue weighted by molar-refractivity contribution is 7.80. The molecule has 1 aromatic heterocycles. The van der Waals surface area contributed by atoms with E-state index in [4.69, 9.17) is 5.73 Å². The van der Waals surface area contributed by atoms with Crippen LogP contribution in [0.3, 0.4) is 0 Å². The van der Waals surface area contributed by atoms with Gasteiger partial charge in [-0.25, -0.2) is 4.68 Å². The number of hydrogen-bond acceptors (Lipinski definition) is 4. The van der Waals surface area contributed by atoms with Gasteiger partial charge in [-0.05, 0) is 29.9 Å². The molecule has 1 aromatic carbocycles. The van der Waals surface area contributed by atoms with Crippen LogP contribution in [0.1, 0.15) is 32.0 Å². The Morgan fingerprint density at radius 2 is 2.00 bits per heavy atom. The fourth-order valence-corrected chi connectivity index (χ4v) is 1.86. The predicted octanol–water partition coefficient (Wildman–Crippen LogP) is 1.73. The number of hydrazone groups is 1. The van der Waals surface area contributed by atoms with Gasteiger partial charge in [-0.1, -0.05) is 38.1 Å². The van der Waals surface area contributed by atoms with Gasteiger partial charge in [0.15, 0.2) is 5.11 Å². The van der Waals surface area contributed by atoms with Crippen molar-refractivity contribution < 1.29 is 0 Å². The molecule has 2 aromatic rings. The minimum Gasteiger partial charge on any atom is -0.375 e. The standard InChI is InChI=1S/C14H18N6S/c1-14(2,3)12-9-17-19-20(12)11-6-4-10(5-7-11)8-16-18-13(15)21/h4-9H,1-3H3,(H3,15,18,21). The van der Waals surface area contributed by atoms with E-state index in [1.807, 2.05) is 28.9 Å². The van der Waals surface area contributed by atoms with E-state index >= 15 is 0 Å². The Morgan fingerprint density at radius 3 is 2.57 bits per heavy atom. The second kappa shape index (κ2) is 6.01. The fourth-order valence-electron chi connectivity index (χ4n) is 1.81. The first-order chi connectivity index (χ1) is 9.88. The van der Waals surface area contributed by atoms with Crippen molar-refractivity contribution in [2.75, 3.05) is 0 Å². The summed E-state index contributed by atoms with van der Waals surface area (Å²) in [5.74, 6) is 0. The van der Waals surface area contributed by atoms with Gasteiger partial charge in [-0.15, -0.1) is 5.10 Å². The lowest BCUT2D eigenvalue weighted by molar-refractivity contribution is 0.542. The third-order valence-corrected chi connectivity index (χ3v) is 2.94. The zero-order chi connectivity index (χ0) is 15.5. The summed E-state index contributed by atoms with van der Waals surface area (Å²) >= 11 is 4.67. The van der Waals surface area contributed by atoms with Gasteiger partial charge in [0.25, 0.3) is 0 Å². The predicted molar refractivity (Wildman–Crippen MR) is 87.6 cm³/mol. The smallest absolute Gasteiger partial charge is 0.184 e. The summed E-state index contributed by atoms with van der Waals surface area (Å²) in [5, 5.41) is 12.2. The first-order valence-electron chi connectivity index (χ1n) is 6.48. The van der Waals surface area contributed by atoms with E-state index in [0.29, 0.717) is 0 Å². The van der Waals surface area contributed by atoms with Gasteiger partial charge in [0, 0.05) is 5.41 Å². The summed E-state index contributed by atoms with van der Waals surface area (Å²) in [6, 6.07) is 7.81. The summed E-state index contributed by atoms with van der Waals surface area (Å²) < 4.78 is 1.84. The summed E-state index contributed by atoms with van der Waals surface area (Å²) in [4.78, 5) is 0. The van der Waals surface area contributed by atoms with E-state index < -0.39 is 0 Å². The molecule has 7 heteroatoms. The van der Waals surface area contributed by atoms with Crippen molar-refractivity contribution in [1.29, 1.82) is 0 Å². The lowest BCUT2D eigenvalue weighted by Gasteiger charge is -2.19. The van der Waals surface area contributed by atoms with Crippen LogP contribution in [-0.2, 0) is 5.41 Å². The minimum absolute atomic E-state index is 0.0234. The third kappa shape index (κ3) is 3.85. The molecular weight excluding hydrogens is 284 g/mol. The molecule has 6 nitrogen and oxygen atoms in total. The van der Waals surface area contributed by atoms with E-state index in [0.717, 1.165) is 16.9 Å². The van der Waals surface area contributed by atoms with E-state index in [-0.39, 0.29) is 10.5 Å². The van der Waals surface area contributed by atoms with Gasteiger partial charge in [-0.3, -0.25) is 5.43 Å². The molecule has 0 aliphatic heterocycles. The summed E-state index contributed by atoms with van der Waals surface area (Å²) in [6.07, 6.45) is 3.44. The van der Waals surface area contributed by atoms with Crippen LogP contribution in [0.2, 0.25) is 0 Å². The molecule has 110 valence electrons. The van der Waals surface area contributed by atoms with E-state index in [1.54, 1.807) is 12.4 Å². The number of nitrogens with one attached hydrogen (secondary N) is 1. The molecule has 0 unspecified atom stereocenters. The molecule has 0 radical (unpaired) electrons. The van der Waals surface area contributed by atoms with Crippen LogP contribution >= 0.6 is 12.2 Å². The van der Waals surface area contributed by atoms with Crippen molar-refractivity contribution in [2.24, 2.45) is 10.8 Å². The maximum absolute atomic E-state index is 5.29. The number of nitrogens with two attached hydrogens (primary N) is 1. The zero-order valence-electron chi connectivity index (χ0n) is 12.2. The Morgan fingerprint density at radius 1 is 1.33 bits per heavy atom. The van der Waals surface area contributed by atoms with Crippen molar-refractivity contribution in [3.05, 3.63) is 41.7 Å². The van der Waals surface area contributed by atoms with Crippen molar-refractivity contribution in [3.63, 3.8) is 0 Å². The molecule has 0 aliphatic carbocycles.